The number of nitrogens with zero attached hydrogens (tertiary/aromatic N) is 3. The number of esters is 1. The third-order valence-corrected chi connectivity index (χ3v) is 4.18. The van der Waals surface area contributed by atoms with Crippen molar-refractivity contribution in [1.29, 1.82) is 5.26 Å². The maximum Gasteiger partial charge on any atom is 0.348 e. The summed E-state index contributed by atoms with van der Waals surface area (Å²) in [5, 5.41) is 9.35. The molecule has 0 amide bonds. The fourth-order valence-electron chi connectivity index (χ4n) is 2.79. The van der Waals surface area contributed by atoms with Crippen LogP contribution in [-0.2, 0) is 9.53 Å². The van der Waals surface area contributed by atoms with Crippen LogP contribution in [0.5, 0.6) is 11.6 Å². The Kier molecular flexibility index (Phi) is 5.74. The van der Waals surface area contributed by atoms with Crippen molar-refractivity contribution >= 4 is 17.7 Å². The van der Waals surface area contributed by atoms with Gasteiger partial charge in [-0.05, 0) is 50.6 Å². The molecule has 0 aliphatic heterocycles. The molecule has 0 aliphatic carbocycles. The molecule has 0 aliphatic rings. The van der Waals surface area contributed by atoms with Gasteiger partial charge < -0.3 is 9.47 Å². The lowest BCUT2D eigenvalue weighted by molar-refractivity contribution is -0.137. The standard InChI is InChI=1S/C22H19N3O4/c1-4-28-22(27)16(13-23)12-17-20(29-18-9-8-14(2)11-15(18)3)24-19-7-5-6-10-25(19)21(17)26/h5-12H,4H2,1-3H3. The Bertz CT molecular complexity index is 1220. The first-order chi connectivity index (χ1) is 13.9. The molecular formula is C22H19N3O4. The van der Waals surface area contributed by atoms with Crippen molar-refractivity contribution in [1.82, 2.24) is 9.38 Å². The van der Waals surface area contributed by atoms with E-state index in [0.717, 1.165) is 17.2 Å². The number of rotatable bonds is 5. The van der Waals surface area contributed by atoms with Gasteiger partial charge in [0.15, 0.2) is 0 Å². The van der Waals surface area contributed by atoms with E-state index in [1.165, 1.54) is 4.40 Å². The summed E-state index contributed by atoms with van der Waals surface area (Å²) < 4.78 is 12.1. The minimum atomic E-state index is -0.815. The van der Waals surface area contributed by atoms with Crippen LogP contribution in [0.4, 0.5) is 0 Å². The molecule has 2 heterocycles. The molecular weight excluding hydrogens is 370 g/mol. The number of pyridine rings is 1. The molecule has 0 unspecified atom stereocenters. The number of carbonyl (C=O) groups is 1. The van der Waals surface area contributed by atoms with Crippen LogP contribution in [0.25, 0.3) is 11.7 Å². The third-order valence-electron chi connectivity index (χ3n) is 4.18. The molecule has 0 spiro atoms. The summed E-state index contributed by atoms with van der Waals surface area (Å²) in [5.41, 5.74) is 1.51. The van der Waals surface area contributed by atoms with Gasteiger partial charge in [-0.1, -0.05) is 23.8 Å². The molecule has 0 atom stereocenters. The quantitative estimate of drug-likeness (QED) is 0.376. The minimum Gasteiger partial charge on any atom is -0.462 e. The highest BCUT2D eigenvalue weighted by Crippen LogP contribution is 2.27. The normalized spacial score (nSPS) is 11.2. The monoisotopic (exact) mass is 389 g/mol. The number of ether oxygens (including phenoxy) is 2. The van der Waals surface area contributed by atoms with Gasteiger partial charge in [0, 0.05) is 6.20 Å². The van der Waals surface area contributed by atoms with Gasteiger partial charge in [0.05, 0.1) is 6.61 Å². The predicted octanol–water partition coefficient (Wildman–Crippen LogP) is 3.57. The van der Waals surface area contributed by atoms with Crippen molar-refractivity contribution in [3.63, 3.8) is 0 Å². The van der Waals surface area contributed by atoms with E-state index in [1.54, 1.807) is 43.5 Å². The summed E-state index contributed by atoms with van der Waals surface area (Å²) >= 11 is 0. The molecule has 0 N–H and O–H groups in total. The number of aromatic nitrogens is 2. The van der Waals surface area contributed by atoms with Crippen LogP contribution in [0.3, 0.4) is 0 Å². The average Bonchev–Trinajstić information content (AvgIpc) is 2.70. The smallest absolute Gasteiger partial charge is 0.348 e. The van der Waals surface area contributed by atoms with Crippen molar-refractivity contribution in [3.05, 3.63) is 75.2 Å². The highest BCUT2D eigenvalue weighted by atomic mass is 16.5. The van der Waals surface area contributed by atoms with Crippen LogP contribution in [0.1, 0.15) is 23.6 Å². The van der Waals surface area contributed by atoms with Crippen molar-refractivity contribution in [3.8, 4) is 17.7 Å². The second-order valence-corrected chi connectivity index (χ2v) is 6.33. The fourth-order valence-corrected chi connectivity index (χ4v) is 2.79. The summed E-state index contributed by atoms with van der Waals surface area (Å²) in [4.78, 5) is 29.5. The zero-order valence-electron chi connectivity index (χ0n) is 16.3. The number of hydrogen-bond acceptors (Lipinski definition) is 6. The van der Waals surface area contributed by atoms with Crippen LogP contribution in [0, 0.1) is 25.2 Å². The highest BCUT2D eigenvalue weighted by Gasteiger charge is 2.18. The lowest BCUT2D eigenvalue weighted by Crippen LogP contribution is -2.19. The van der Waals surface area contributed by atoms with E-state index in [-0.39, 0.29) is 23.6 Å². The summed E-state index contributed by atoms with van der Waals surface area (Å²) in [6, 6.07) is 12.5. The van der Waals surface area contributed by atoms with Crippen LogP contribution in [0.2, 0.25) is 0 Å². The predicted molar refractivity (Wildman–Crippen MR) is 108 cm³/mol. The second-order valence-electron chi connectivity index (χ2n) is 6.33. The molecule has 7 nitrogen and oxygen atoms in total. The van der Waals surface area contributed by atoms with E-state index in [9.17, 15) is 14.9 Å². The Hall–Kier alpha value is -3.92. The summed E-state index contributed by atoms with van der Waals surface area (Å²) in [5.74, 6) is -0.290. The summed E-state index contributed by atoms with van der Waals surface area (Å²) in [6.07, 6.45) is 2.71. The summed E-state index contributed by atoms with van der Waals surface area (Å²) in [6.45, 7) is 5.59. The molecule has 2 aromatic heterocycles. The van der Waals surface area contributed by atoms with Crippen LogP contribution < -0.4 is 10.3 Å². The molecule has 29 heavy (non-hydrogen) atoms. The fraction of sp³-hybridized carbons (Fsp3) is 0.182. The van der Waals surface area contributed by atoms with Gasteiger partial charge in [0.2, 0.25) is 5.88 Å². The number of carbonyl (C=O) groups excluding carboxylic acids is 1. The van der Waals surface area contributed by atoms with Gasteiger partial charge in [-0.25, -0.2) is 4.79 Å². The molecule has 1 aromatic carbocycles. The number of nitriles is 1. The van der Waals surface area contributed by atoms with Gasteiger partial charge >= 0.3 is 5.97 Å². The molecule has 0 bridgehead atoms. The lowest BCUT2D eigenvalue weighted by Gasteiger charge is -2.12. The molecule has 7 heteroatoms. The van der Waals surface area contributed by atoms with E-state index in [4.69, 9.17) is 9.47 Å². The molecule has 0 saturated heterocycles. The zero-order valence-corrected chi connectivity index (χ0v) is 16.3. The number of aryl methyl sites for hydroxylation is 2. The van der Waals surface area contributed by atoms with Crippen molar-refractivity contribution < 1.29 is 14.3 Å². The van der Waals surface area contributed by atoms with Gasteiger partial charge in [-0.15, -0.1) is 0 Å². The first-order valence-electron chi connectivity index (χ1n) is 9.00. The first-order valence-corrected chi connectivity index (χ1v) is 9.00. The molecule has 3 rings (SSSR count). The maximum absolute atomic E-state index is 13.0. The van der Waals surface area contributed by atoms with Gasteiger partial charge in [-0.2, -0.15) is 10.2 Å². The van der Waals surface area contributed by atoms with Gasteiger partial charge in [0.1, 0.15) is 28.6 Å². The third kappa shape index (κ3) is 4.17. The van der Waals surface area contributed by atoms with Crippen LogP contribution >= 0.6 is 0 Å². The Labute approximate surface area is 167 Å². The zero-order chi connectivity index (χ0) is 21.0. The van der Waals surface area contributed by atoms with Gasteiger partial charge in [-0.3, -0.25) is 9.20 Å². The van der Waals surface area contributed by atoms with E-state index in [2.05, 4.69) is 4.98 Å². The number of hydrogen-bond donors (Lipinski definition) is 0. The first kappa shape index (κ1) is 19.8. The largest absolute Gasteiger partial charge is 0.462 e. The van der Waals surface area contributed by atoms with Crippen LogP contribution in [-0.4, -0.2) is 22.0 Å². The van der Waals surface area contributed by atoms with Gasteiger partial charge in [0.25, 0.3) is 5.56 Å². The Morgan fingerprint density at radius 2 is 2.07 bits per heavy atom. The minimum absolute atomic E-state index is 0.00482. The van der Waals surface area contributed by atoms with E-state index >= 15 is 0 Å². The molecule has 0 saturated carbocycles. The van der Waals surface area contributed by atoms with Crippen molar-refractivity contribution in [2.24, 2.45) is 0 Å². The average molecular weight is 389 g/mol. The topological polar surface area (TPSA) is 93.7 Å². The Morgan fingerprint density at radius 1 is 1.28 bits per heavy atom. The van der Waals surface area contributed by atoms with E-state index < -0.39 is 11.5 Å². The molecule has 3 aromatic rings. The molecule has 146 valence electrons. The van der Waals surface area contributed by atoms with Crippen LogP contribution in [0.15, 0.2) is 53.0 Å². The van der Waals surface area contributed by atoms with E-state index in [1.807, 2.05) is 26.0 Å². The second kappa shape index (κ2) is 8.40. The Balaban J connectivity index is 2.22. The highest BCUT2D eigenvalue weighted by molar-refractivity contribution is 5.98. The van der Waals surface area contributed by atoms with Crippen molar-refractivity contribution in [2.75, 3.05) is 6.61 Å². The molecule has 0 fully saturated rings. The van der Waals surface area contributed by atoms with E-state index in [0.29, 0.717) is 11.4 Å². The summed E-state index contributed by atoms with van der Waals surface area (Å²) in [7, 11) is 0. The SMILES string of the molecule is CCOC(=O)C(C#N)=Cc1c(Oc2ccc(C)cc2C)nc2ccccn2c1=O. The Morgan fingerprint density at radius 3 is 2.76 bits per heavy atom. The number of benzene rings is 1. The molecule has 0 radical (unpaired) electrons. The lowest BCUT2D eigenvalue weighted by atomic mass is 10.1. The maximum atomic E-state index is 13.0. The number of fused-ring (bicyclic) bond motifs is 1. The van der Waals surface area contributed by atoms with Crippen molar-refractivity contribution in [2.45, 2.75) is 20.8 Å².